The third kappa shape index (κ3) is 2.33. The van der Waals surface area contributed by atoms with E-state index >= 15 is 0 Å². The van der Waals surface area contributed by atoms with Crippen molar-refractivity contribution >= 4 is 11.8 Å². The molecule has 4 nitrogen and oxygen atoms in total. The van der Waals surface area contributed by atoms with Gasteiger partial charge in [0.15, 0.2) is 0 Å². The fourth-order valence-electron chi connectivity index (χ4n) is 2.29. The number of pyridine rings is 1. The summed E-state index contributed by atoms with van der Waals surface area (Å²) in [6.45, 7) is 9.70. The second-order valence-electron chi connectivity index (χ2n) is 6.31. The summed E-state index contributed by atoms with van der Waals surface area (Å²) in [5.74, 6) is 0. The van der Waals surface area contributed by atoms with Gasteiger partial charge in [-0.3, -0.25) is 9.88 Å². The van der Waals surface area contributed by atoms with Gasteiger partial charge in [-0.25, -0.2) is 4.79 Å². The monoisotopic (exact) mass is 248 g/mol. The molecule has 0 radical (unpaired) electrons. The molecule has 4 heteroatoms. The van der Waals surface area contributed by atoms with Gasteiger partial charge in [-0.1, -0.05) is 0 Å². The fourth-order valence-corrected chi connectivity index (χ4v) is 2.29. The molecule has 0 aliphatic carbocycles. The van der Waals surface area contributed by atoms with Gasteiger partial charge in [0.25, 0.3) is 0 Å². The Kier molecular flexibility index (Phi) is 2.84. The van der Waals surface area contributed by atoms with Crippen molar-refractivity contribution in [3.05, 3.63) is 24.0 Å². The van der Waals surface area contributed by atoms with Crippen LogP contribution in [0.25, 0.3) is 0 Å². The van der Waals surface area contributed by atoms with Gasteiger partial charge in [0.05, 0.1) is 11.9 Å². The van der Waals surface area contributed by atoms with Gasteiger partial charge < -0.3 is 4.74 Å². The second-order valence-corrected chi connectivity index (χ2v) is 6.31. The zero-order chi connectivity index (χ0) is 13.6. The summed E-state index contributed by atoms with van der Waals surface area (Å²) in [6.07, 6.45) is 4.00. The van der Waals surface area contributed by atoms with E-state index in [0.29, 0.717) is 0 Å². The van der Waals surface area contributed by atoms with Crippen molar-refractivity contribution in [1.29, 1.82) is 0 Å². The van der Waals surface area contributed by atoms with E-state index in [1.165, 1.54) is 0 Å². The molecule has 1 aromatic heterocycles. The molecular formula is C14H20N2O2. The highest BCUT2D eigenvalue weighted by Gasteiger charge is 2.42. The van der Waals surface area contributed by atoms with Crippen LogP contribution in [0.5, 0.6) is 0 Å². The fraction of sp³-hybridized carbons (Fsp3) is 0.571. The van der Waals surface area contributed by atoms with Gasteiger partial charge >= 0.3 is 6.09 Å². The Labute approximate surface area is 108 Å². The molecule has 1 amide bonds. The van der Waals surface area contributed by atoms with Crippen LogP contribution in [-0.2, 0) is 11.2 Å². The van der Waals surface area contributed by atoms with Crippen molar-refractivity contribution in [3.8, 4) is 0 Å². The molecule has 0 saturated carbocycles. The van der Waals surface area contributed by atoms with Gasteiger partial charge in [-0.15, -0.1) is 0 Å². The lowest BCUT2D eigenvalue weighted by Crippen LogP contribution is -2.47. The van der Waals surface area contributed by atoms with Crippen LogP contribution in [0.4, 0.5) is 10.5 Å². The van der Waals surface area contributed by atoms with Crippen LogP contribution in [0, 0.1) is 0 Å². The Bertz CT molecular complexity index is 475. The molecule has 0 atom stereocenters. The number of ether oxygens (including phenoxy) is 1. The third-order valence-corrected chi connectivity index (χ3v) is 2.93. The quantitative estimate of drug-likeness (QED) is 0.708. The number of aromatic nitrogens is 1. The number of carbonyl (C=O) groups is 1. The summed E-state index contributed by atoms with van der Waals surface area (Å²) in [5, 5.41) is 0. The summed E-state index contributed by atoms with van der Waals surface area (Å²) < 4.78 is 5.47. The number of hydrogen-bond donors (Lipinski definition) is 0. The van der Waals surface area contributed by atoms with Crippen LogP contribution in [0.2, 0.25) is 0 Å². The standard InChI is InChI=1S/C14H20N2O2/c1-13(2,3)18-12(17)16-11-9-15-7-6-10(11)8-14(16,4)5/h6-7,9H,8H2,1-5H3. The lowest BCUT2D eigenvalue weighted by Gasteiger charge is -2.33. The van der Waals surface area contributed by atoms with Crippen molar-refractivity contribution in [1.82, 2.24) is 4.98 Å². The van der Waals surface area contributed by atoms with E-state index in [-0.39, 0.29) is 11.6 Å². The van der Waals surface area contributed by atoms with Crippen molar-refractivity contribution in [2.24, 2.45) is 0 Å². The molecule has 0 bridgehead atoms. The van der Waals surface area contributed by atoms with Crippen molar-refractivity contribution in [2.45, 2.75) is 52.2 Å². The highest BCUT2D eigenvalue weighted by atomic mass is 16.6. The number of amides is 1. The van der Waals surface area contributed by atoms with Gasteiger partial charge in [-0.05, 0) is 52.7 Å². The lowest BCUT2D eigenvalue weighted by molar-refractivity contribution is 0.0552. The molecule has 0 fully saturated rings. The molecule has 98 valence electrons. The number of anilines is 1. The minimum Gasteiger partial charge on any atom is -0.443 e. The number of rotatable bonds is 0. The van der Waals surface area contributed by atoms with Crippen LogP contribution < -0.4 is 4.90 Å². The Morgan fingerprint density at radius 3 is 2.72 bits per heavy atom. The van der Waals surface area contributed by atoms with Crippen molar-refractivity contribution < 1.29 is 9.53 Å². The average molecular weight is 248 g/mol. The SMILES string of the molecule is CC(C)(C)OC(=O)N1c2cnccc2CC1(C)C. The van der Waals surface area contributed by atoms with Crippen LogP contribution in [0.15, 0.2) is 18.5 Å². The predicted molar refractivity (Wildman–Crippen MR) is 70.7 cm³/mol. The molecule has 2 rings (SSSR count). The summed E-state index contributed by atoms with van der Waals surface area (Å²) in [5.41, 5.74) is 1.24. The summed E-state index contributed by atoms with van der Waals surface area (Å²) in [7, 11) is 0. The minimum atomic E-state index is -0.488. The first-order valence-corrected chi connectivity index (χ1v) is 6.17. The Morgan fingerprint density at radius 2 is 2.11 bits per heavy atom. The van der Waals surface area contributed by atoms with Gasteiger partial charge in [0.1, 0.15) is 5.60 Å². The molecule has 0 N–H and O–H groups in total. The molecule has 0 aromatic carbocycles. The van der Waals surface area contributed by atoms with Crippen LogP contribution in [0.1, 0.15) is 40.2 Å². The summed E-state index contributed by atoms with van der Waals surface area (Å²) in [6, 6.07) is 1.96. The first-order valence-electron chi connectivity index (χ1n) is 6.17. The van der Waals surface area contributed by atoms with E-state index in [1.54, 1.807) is 17.3 Å². The maximum atomic E-state index is 12.3. The largest absolute Gasteiger partial charge is 0.443 e. The molecule has 0 saturated heterocycles. The molecule has 18 heavy (non-hydrogen) atoms. The number of fused-ring (bicyclic) bond motifs is 1. The van der Waals surface area contributed by atoms with Crippen LogP contribution >= 0.6 is 0 Å². The number of nitrogens with zero attached hydrogens (tertiary/aromatic N) is 2. The first kappa shape index (κ1) is 12.9. The van der Waals surface area contributed by atoms with Crippen molar-refractivity contribution in [3.63, 3.8) is 0 Å². The Morgan fingerprint density at radius 1 is 1.44 bits per heavy atom. The molecule has 2 heterocycles. The van der Waals surface area contributed by atoms with Crippen LogP contribution in [0.3, 0.4) is 0 Å². The number of carbonyl (C=O) groups excluding carboxylic acids is 1. The third-order valence-electron chi connectivity index (χ3n) is 2.93. The zero-order valence-electron chi connectivity index (χ0n) is 11.7. The van der Waals surface area contributed by atoms with E-state index < -0.39 is 5.60 Å². The van der Waals surface area contributed by atoms with E-state index in [1.807, 2.05) is 40.7 Å². The normalized spacial score (nSPS) is 17.5. The molecule has 1 aromatic rings. The summed E-state index contributed by atoms with van der Waals surface area (Å²) >= 11 is 0. The highest BCUT2D eigenvalue weighted by molar-refractivity contribution is 5.92. The van der Waals surface area contributed by atoms with Gasteiger partial charge in [0, 0.05) is 11.7 Å². The maximum absolute atomic E-state index is 12.3. The smallest absolute Gasteiger partial charge is 0.415 e. The molecule has 0 unspecified atom stereocenters. The zero-order valence-corrected chi connectivity index (χ0v) is 11.7. The van der Waals surface area contributed by atoms with E-state index in [9.17, 15) is 4.79 Å². The molecule has 1 aliphatic rings. The van der Waals surface area contributed by atoms with E-state index in [0.717, 1.165) is 17.7 Å². The Balaban J connectivity index is 2.34. The topological polar surface area (TPSA) is 42.4 Å². The van der Waals surface area contributed by atoms with Gasteiger partial charge in [0.2, 0.25) is 0 Å². The van der Waals surface area contributed by atoms with Crippen LogP contribution in [-0.4, -0.2) is 22.2 Å². The first-order chi connectivity index (χ1) is 8.21. The second kappa shape index (κ2) is 3.97. The number of hydrogen-bond acceptors (Lipinski definition) is 3. The predicted octanol–water partition coefficient (Wildman–Crippen LogP) is 3.16. The Hall–Kier alpha value is -1.58. The lowest BCUT2D eigenvalue weighted by atomic mass is 10.00. The highest BCUT2D eigenvalue weighted by Crippen LogP contribution is 2.38. The van der Waals surface area contributed by atoms with Crippen molar-refractivity contribution in [2.75, 3.05) is 4.90 Å². The molecule has 1 aliphatic heterocycles. The van der Waals surface area contributed by atoms with E-state index in [4.69, 9.17) is 4.74 Å². The average Bonchev–Trinajstić information content (AvgIpc) is 2.44. The van der Waals surface area contributed by atoms with E-state index in [2.05, 4.69) is 4.98 Å². The molecular weight excluding hydrogens is 228 g/mol. The minimum absolute atomic E-state index is 0.270. The van der Waals surface area contributed by atoms with Gasteiger partial charge in [-0.2, -0.15) is 0 Å². The summed E-state index contributed by atoms with van der Waals surface area (Å²) in [4.78, 5) is 18.1. The molecule has 0 spiro atoms. The maximum Gasteiger partial charge on any atom is 0.415 e.